The van der Waals surface area contributed by atoms with E-state index in [-0.39, 0.29) is 6.42 Å². The molecule has 1 aromatic heterocycles. The fourth-order valence-electron chi connectivity index (χ4n) is 2.12. The zero-order chi connectivity index (χ0) is 15.1. The minimum Gasteiger partial charge on any atom is -0.481 e. The third-order valence-corrected chi connectivity index (χ3v) is 5.47. The molecule has 110 valence electrons. The van der Waals surface area contributed by atoms with Gasteiger partial charge in [-0.1, -0.05) is 11.6 Å². The molecule has 0 saturated carbocycles. The summed E-state index contributed by atoms with van der Waals surface area (Å²) in [4.78, 5) is 11.9. The lowest BCUT2D eigenvalue weighted by atomic mass is 9.69. The van der Waals surface area contributed by atoms with Gasteiger partial charge in [0.05, 0.1) is 22.6 Å². The lowest BCUT2D eigenvalue weighted by molar-refractivity contribution is -0.137. The quantitative estimate of drug-likeness (QED) is 0.862. The second-order valence-electron chi connectivity index (χ2n) is 5.96. The molecule has 2 heterocycles. The van der Waals surface area contributed by atoms with Crippen molar-refractivity contribution in [3.8, 4) is 0 Å². The molecule has 0 aromatic carbocycles. The number of rotatable bonds is 4. The van der Waals surface area contributed by atoms with Crippen molar-refractivity contribution in [1.29, 1.82) is 0 Å². The minimum absolute atomic E-state index is 0.0724. The smallest absolute Gasteiger partial charge is 0.467 e. The molecule has 1 aliphatic heterocycles. The van der Waals surface area contributed by atoms with Crippen LogP contribution in [0, 0.1) is 0 Å². The first-order valence-electron chi connectivity index (χ1n) is 6.44. The molecule has 0 bridgehead atoms. The van der Waals surface area contributed by atoms with E-state index < -0.39 is 30.1 Å². The SMILES string of the molecule is CC1(C)OB(C(CC(=O)O)c2sccc2Cl)OC1(C)C. The molecule has 0 aliphatic carbocycles. The molecular formula is C13H18BClO4S. The fourth-order valence-corrected chi connectivity index (χ4v) is 3.44. The maximum Gasteiger partial charge on any atom is 0.467 e. The van der Waals surface area contributed by atoms with Crippen molar-refractivity contribution in [2.45, 2.75) is 51.1 Å². The summed E-state index contributed by atoms with van der Waals surface area (Å²) >= 11 is 7.58. The second kappa shape index (κ2) is 5.33. The summed E-state index contributed by atoms with van der Waals surface area (Å²) in [7, 11) is -0.604. The van der Waals surface area contributed by atoms with E-state index in [0.29, 0.717) is 5.02 Å². The molecule has 1 unspecified atom stereocenters. The summed E-state index contributed by atoms with van der Waals surface area (Å²) < 4.78 is 11.9. The van der Waals surface area contributed by atoms with Crippen LogP contribution in [-0.2, 0) is 14.1 Å². The molecule has 7 heteroatoms. The molecule has 1 aliphatic rings. The summed E-state index contributed by atoms with van der Waals surface area (Å²) in [5.41, 5.74) is -0.976. The lowest BCUT2D eigenvalue weighted by Gasteiger charge is -2.32. The normalized spacial score (nSPS) is 21.9. The number of carboxylic acids is 1. The number of hydrogen-bond donors (Lipinski definition) is 1. The number of halogens is 1. The van der Waals surface area contributed by atoms with E-state index in [2.05, 4.69) is 0 Å². The van der Waals surface area contributed by atoms with Gasteiger partial charge in [-0.2, -0.15) is 0 Å². The Bertz CT molecular complexity index is 498. The van der Waals surface area contributed by atoms with Crippen LogP contribution in [0.2, 0.25) is 5.02 Å². The number of aliphatic carboxylic acids is 1. The third-order valence-electron chi connectivity index (χ3n) is 3.98. The first-order valence-corrected chi connectivity index (χ1v) is 7.70. The van der Waals surface area contributed by atoms with E-state index in [4.69, 9.17) is 26.0 Å². The van der Waals surface area contributed by atoms with Gasteiger partial charge in [0, 0.05) is 10.7 Å². The predicted molar refractivity (Wildman–Crippen MR) is 80.4 cm³/mol. The Balaban J connectivity index is 2.30. The van der Waals surface area contributed by atoms with Gasteiger partial charge in [-0.3, -0.25) is 4.79 Å². The molecule has 0 amide bonds. The fraction of sp³-hybridized carbons (Fsp3) is 0.615. The standard InChI is InChI=1S/C13H18BClO4S/c1-12(2)13(3,4)19-14(18-12)8(7-10(16)17)11-9(15)5-6-20-11/h5-6,8H,7H2,1-4H3,(H,16,17). The van der Waals surface area contributed by atoms with Crippen molar-refractivity contribution in [3.63, 3.8) is 0 Å². The van der Waals surface area contributed by atoms with Crippen molar-refractivity contribution in [2.24, 2.45) is 0 Å². The Morgan fingerprint density at radius 1 is 1.40 bits per heavy atom. The van der Waals surface area contributed by atoms with Crippen LogP contribution in [-0.4, -0.2) is 29.4 Å². The van der Waals surface area contributed by atoms with Crippen LogP contribution >= 0.6 is 22.9 Å². The highest BCUT2D eigenvalue weighted by molar-refractivity contribution is 7.11. The Morgan fingerprint density at radius 2 is 1.95 bits per heavy atom. The maximum absolute atomic E-state index is 11.1. The minimum atomic E-state index is -0.894. The largest absolute Gasteiger partial charge is 0.481 e. The van der Waals surface area contributed by atoms with Crippen LogP contribution in [0.15, 0.2) is 11.4 Å². The van der Waals surface area contributed by atoms with Gasteiger partial charge in [0.15, 0.2) is 0 Å². The summed E-state index contributed by atoms with van der Waals surface area (Å²) in [6, 6.07) is 1.77. The number of thiophene rings is 1. The lowest BCUT2D eigenvalue weighted by Crippen LogP contribution is -2.41. The summed E-state index contributed by atoms with van der Waals surface area (Å²) in [6.45, 7) is 7.78. The molecular weight excluding hydrogens is 298 g/mol. The number of carboxylic acid groups (broad SMARTS) is 1. The van der Waals surface area contributed by atoms with Crippen LogP contribution in [0.4, 0.5) is 0 Å². The average Bonchev–Trinajstić information content (AvgIpc) is 2.78. The molecule has 1 aromatic rings. The van der Waals surface area contributed by atoms with E-state index in [9.17, 15) is 4.79 Å². The Labute approximate surface area is 128 Å². The van der Waals surface area contributed by atoms with Gasteiger partial charge in [0.1, 0.15) is 0 Å². The third kappa shape index (κ3) is 2.88. The van der Waals surface area contributed by atoms with Gasteiger partial charge in [0.25, 0.3) is 0 Å². The van der Waals surface area contributed by atoms with E-state index in [1.54, 1.807) is 6.07 Å². The van der Waals surface area contributed by atoms with Gasteiger partial charge in [-0.25, -0.2) is 0 Å². The van der Waals surface area contributed by atoms with E-state index >= 15 is 0 Å². The van der Waals surface area contributed by atoms with E-state index in [1.807, 2.05) is 33.1 Å². The number of carbonyl (C=O) groups is 1. The molecule has 1 fully saturated rings. The molecule has 4 nitrogen and oxygen atoms in total. The first-order chi connectivity index (χ1) is 9.14. The van der Waals surface area contributed by atoms with Crippen molar-refractivity contribution in [1.82, 2.24) is 0 Å². The van der Waals surface area contributed by atoms with Crippen LogP contribution in [0.5, 0.6) is 0 Å². The molecule has 1 N–H and O–H groups in total. The van der Waals surface area contributed by atoms with E-state index in [1.165, 1.54) is 11.3 Å². The van der Waals surface area contributed by atoms with Crippen LogP contribution < -0.4 is 0 Å². The number of hydrogen-bond acceptors (Lipinski definition) is 4. The highest BCUT2D eigenvalue weighted by atomic mass is 35.5. The summed E-state index contributed by atoms with van der Waals surface area (Å²) in [5.74, 6) is -1.30. The monoisotopic (exact) mass is 316 g/mol. The van der Waals surface area contributed by atoms with Gasteiger partial charge < -0.3 is 14.4 Å². The van der Waals surface area contributed by atoms with Crippen molar-refractivity contribution in [2.75, 3.05) is 0 Å². The van der Waals surface area contributed by atoms with Crippen molar-refractivity contribution >= 4 is 36.0 Å². The topological polar surface area (TPSA) is 55.8 Å². The maximum atomic E-state index is 11.1. The Kier molecular flexibility index (Phi) is 4.22. The summed E-state index contributed by atoms with van der Waals surface area (Å²) in [6.07, 6.45) is -0.0724. The molecule has 20 heavy (non-hydrogen) atoms. The first kappa shape index (κ1) is 15.8. The van der Waals surface area contributed by atoms with E-state index in [0.717, 1.165) is 4.88 Å². The summed E-state index contributed by atoms with van der Waals surface area (Å²) in [5, 5.41) is 11.6. The Hall–Kier alpha value is -0.555. The highest BCUT2D eigenvalue weighted by Crippen LogP contribution is 2.44. The van der Waals surface area contributed by atoms with Crippen LogP contribution in [0.1, 0.15) is 44.8 Å². The zero-order valence-electron chi connectivity index (χ0n) is 12.0. The van der Waals surface area contributed by atoms with Crippen LogP contribution in [0.25, 0.3) is 0 Å². The molecule has 2 rings (SSSR count). The van der Waals surface area contributed by atoms with Gasteiger partial charge in [-0.15, -0.1) is 11.3 Å². The molecule has 0 spiro atoms. The zero-order valence-corrected chi connectivity index (χ0v) is 13.5. The second-order valence-corrected chi connectivity index (χ2v) is 7.32. The van der Waals surface area contributed by atoms with Crippen molar-refractivity contribution in [3.05, 3.63) is 21.3 Å². The Morgan fingerprint density at radius 3 is 2.35 bits per heavy atom. The molecule has 1 saturated heterocycles. The predicted octanol–water partition coefficient (Wildman–Crippen LogP) is 3.59. The van der Waals surface area contributed by atoms with Gasteiger partial charge in [-0.05, 0) is 39.1 Å². The van der Waals surface area contributed by atoms with Crippen molar-refractivity contribution < 1.29 is 19.2 Å². The molecule has 0 radical (unpaired) electrons. The molecule has 1 atom stereocenters. The van der Waals surface area contributed by atoms with Gasteiger partial charge in [0.2, 0.25) is 0 Å². The highest BCUT2D eigenvalue weighted by Gasteiger charge is 2.54. The average molecular weight is 317 g/mol. The van der Waals surface area contributed by atoms with Gasteiger partial charge >= 0.3 is 13.1 Å². The van der Waals surface area contributed by atoms with Crippen LogP contribution in [0.3, 0.4) is 0 Å².